The molecule has 1 aromatic heterocycles. The lowest BCUT2D eigenvalue weighted by molar-refractivity contribution is 0.0686. The van der Waals surface area contributed by atoms with Gasteiger partial charge in [-0.05, 0) is 22.3 Å². The average molecular weight is 405 g/mol. The first-order chi connectivity index (χ1) is 14.6. The molecule has 8 nitrogen and oxygen atoms in total. The van der Waals surface area contributed by atoms with Gasteiger partial charge in [0, 0.05) is 5.92 Å². The molecule has 1 aliphatic heterocycles. The lowest BCUT2D eigenvalue weighted by Gasteiger charge is -2.25. The smallest absolute Gasteiger partial charge is 0.407 e. The van der Waals surface area contributed by atoms with Gasteiger partial charge in [0.05, 0.1) is 18.8 Å². The Hall–Kier alpha value is -3.81. The van der Waals surface area contributed by atoms with Gasteiger partial charge in [-0.1, -0.05) is 48.5 Å². The van der Waals surface area contributed by atoms with Gasteiger partial charge in [0.2, 0.25) is 5.88 Å². The van der Waals surface area contributed by atoms with Crippen molar-refractivity contribution in [2.24, 2.45) is 0 Å². The maximum atomic E-state index is 12.4. The highest BCUT2D eigenvalue weighted by Gasteiger charge is 2.30. The second-order valence-corrected chi connectivity index (χ2v) is 7.33. The summed E-state index contributed by atoms with van der Waals surface area (Å²) in [6.07, 6.45) is 0.701. The van der Waals surface area contributed by atoms with Crippen LogP contribution >= 0.6 is 0 Å². The number of benzene rings is 2. The van der Waals surface area contributed by atoms with E-state index in [0.29, 0.717) is 6.54 Å². The van der Waals surface area contributed by atoms with E-state index in [-0.39, 0.29) is 36.6 Å². The van der Waals surface area contributed by atoms with E-state index in [1.165, 1.54) is 22.0 Å². The first kappa shape index (κ1) is 18.2. The monoisotopic (exact) mass is 405 g/mol. The van der Waals surface area contributed by atoms with E-state index < -0.39 is 12.1 Å². The normalized spacial score (nSPS) is 16.7. The van der Waals surface area contributed by atoms with Gasteiger partial charge in [-0.25, -0.2) is 14.3 Å². The van der Waals surface area contributed by atoms with E-state index in [9.17, 15) is 9.59 Å². The topological polar surface area (TPSA) is 103 Å². The number of hydrogen-bond acceptors (Lipinski definition) is 5. The van der Waals surface area contributed by atoms with E-state index >= 15 is 0 Å². The van der Waals surface area contributed by atoms with Crippen molar-refractivity contribution in [1.29, 1.82) is 0 Å². The summed E-state index contributed by atoms with van der Waals surface area (Å²) in [5.41, 5.74) is 4.64. The highest BCUT2D eigenvalue weighted by molar-refractivity contribution is 5.90. The Labute approximate surface area is 172 Å². The van der Waals surface area contributed by atoms with Crippen LogP contribution in [0.5, 0.6) is 5.88 Å². The predicted octanol–water partition coefficient (Wildman–Crippen LogP) is 2.88. The van der Waals surface area contributed by atoms with Crippen LogP contribution in [0.2, 0.25) is 0 Å². The number of ether oxygens (including phenoxy) is 2. The van der Waals surface area contributed by atoms with Crippen molar-refractivity contribution in [1.82, 2.24) is 15.1 Å². The minimum Gasteiger partial charge on any atom is -0.477 e. The molecule has 0 radical (unpaired) electrons. The lowest BCUT2D eigenvalue weighted by Crippen LogP contribution is -2.45. The number of carbonyl (C=O) groups excluding carboxylic acids is 1. The molecule has 2 N–H and O–H groups in total. The minimum atomic E-state index is -1.10. The Bertz CT molecular complexity index is 1090. The summed E-state index contributed by atoms with van der Waals surface area (Å²) in [6, 6.07) is 15.9. The molecule has 30 heavy (non-hydrogen) atoms. The van der Waals surface area contributed by atoms with Crippen molar-refractivity contribution in [2.75, 3.05) is 13.2 Å². The van der Waals surface area contributed by atoms with Gasteiger partial charge in [-0.2, -0.15) is 5.10 Å². The van der Waals surface area contributed by atoms with Crippen LogP contribution in [-0.4, -0.2) is 46.2 Å². The van der Waals surface area contributed by atoms with Crippen LogP contribution in [0, 0.1) is 0 Å². The highest BCUT2D eigenvalue weighted by atomic mass is 16.5. The fourth-order valence-corrected chi connectivity index (χ4v) is 4.14. The molecule has 0 saturated carbocycles. The van der Waals surface area contributed by atoms with E-state index in [2.05, 4.69) is 34.7 Å². The Kier molecular flexibility index (Phi) is 4.39. The van der Waals surface area contributed by atoms with Crippen molar-refractivity contribution in [3.05, 3.63) is 71.4 Å². The minimum absolute atomic E-state index is 0.00888. The van der Waals surface area contributed by atoms with Gasteiger partial charge >= 0.3 is 12.1 Å². The van der Waals surface area contributed by atoms with Gasteiger partial charge in [0.15, 0.2) is 0 Å². The number of hydrogen-bond donors (Lipinski definition) is 2. The van der Waals surface area contributed by atoms with Crippen LogP contribution in [0.25, 0.3) is 11.1 Å². The van der Waals surface area contributed by atoms with Crippen molar-refractivity contribution < 1.29 is 24.2 Å². The molecule has 152 valence electrons. The van der Waals surface area contributed by atoms with Crippen LogP contribution in [0.3, 0.4) is 0 Å². The Morgan fingerprint density at radius 3 is 2.47 bits per heavy atom. The van der Waals surface area contributed by atoms with E-state index in [1.54, 1.807) is 0 Å². The molecule has 0 saturated heterocycles. The Balaban J connectivity index is 1.24. The van der Waals surface area contributed by atoms with Gasteiger partial charge in [-0.15, -0.1) is 0 Å². The molecular formula is C22H19N3O5. The van der Waals surface area contributed by atoms with E-state index in [1.807, 2.05) is 24.3 Å². The molecule has 2 aromatic carbocycles. The van der Waals surface area contributed by atoms with Gasteiger partial charge in [0.1, 0.15) is 18.8 Å². The van der Waals surface area contributed by atoms with Crippen molar-refractivity contribution >= 4 is 12.1 Å². The molecule has 2 aliphatic rings. The number of fused-ring (bicyclic) bond motifs is 4. The summed E-state index contributed by atoms with van der Waals surface area (Å²) in [5, 5.41) is 15.9. The SMILES string of the molecule is O=C(NC1COc2c(C(=O)O)cnn2C1)OCC1c2ccccc2-c2ccccc21. The number of carboxylic acid groups (broad SMARTS) is 1. The molecule has 0 fully saturated rings. The van der Waals surface area contributed by atoms with Gasteiger partial charge in [0.25, 0.3) is 0 Å². The van der Waals surface area contributed by atoms with E-state index in [4.69, 9.17) is 14.6 Å². The van der Waals surface area contributed by atoms with Crippen LogP contribution in [0.1, 0.15) is 27.4 Å². The zero-order valence-electron chi connectivity index (χ0n) is 15.9. The first-order valence-electron chi connectivity index (χ1n) is 9.65. The molecule has 3 aromatic rings. The molecular weight excluding hydrogens is 386 g/mol. The average Bonchev–Trinajstić information content (AvgIpc) is 3.31. The summed E-state index contributed by atoms with van der Waals surface area (Å²) in [6.45, 7) is 0.687. The van der Waals surface area contributed by atoms with Crippen LogP contribution in [-0.2, 0) is 11.3 Å². The molecule has 8 heteroatoms. The zero-order valence-corrected chi connectivity index (χ0v) is 15.9. The van der Waals surface area contributed by atoms with Crippen molar-refractivity contribution in [2.45, 2.75) is 18.5 Å². The molecule has 5 rings (SSSR count). The van der Waals surface area contributed by atoms with Crippen molar-refractivity contribution in [3.8, 4) is 17.0 Å². The zero-order chi connectivity index (χ0) is 20.7. The second-order valence-electron chi connectivity index (χ2n) is 7.33. The Morgan fingerprint density at radius 1 is 1.13 bits per heavy atom. The number of amides is 1. The van der Waals surface area contributed by atoms with Gasteiger partial charge < -0.3 is 19.9 Å². The largest absolute Gasteiger partial charge is 0.477 e. The maximum Gasteiger partial charge on any atom is 0.407 e. The Morgan fingerprint density at radius 2 is 1.80 bits per heavy atom. The number of aromatic nitrogens is 2. The number of nitrogens with zero attached hydrogens (tertiary/aromatic N) is 2. The third-order valence-electron chi connectivity index (χ3n) is 5.50. The standard InChI is InChI=1S/C22H19N3O5/c26-21(27)18-9-23-25-10-13(11-29-20(18)25)24-22(28)30-12-19-16-7-3-1-5-14(16)15-6-2-4-8-17(15)19/h1-9,13,19H,10-12H2,(H,24,28)(H,26,27). The number of aromatic carboxylic acids is 1. The van der Waals surface area contributed by atoms with Gasteiger partial charge in [-0.3, -0.25) is 0 Å². The number of rotatable bonds is 4. The third-order valence-corrected chi connectivity index (χ3v) is 5.50. The number of alkyl carbamates (subject to hydrolysis) is 1. The number of carboxylic acids is 1. The summed E-state index contributed by atoms with van der Waals surface area (Å²) in [7, 11) is 0. The number of carbonyl (C=O) groups is 2. The maximum absolute atomic E-state index is 12.4. The second kappa shape index (κ2) is 7.22. The summed E-state index contributed by atoms with van der Waals surface area (Å²) in [5.74, 6) is -0.908. The molecule has 2 heterocycles. The summed E-state index contributed by atoms with van der Waals surface area (Å²) < 4.78 is 12.5. The fraction of sp³-hybridized carbons (Fsp3) is 0.227. The molecule has 1 unspecified atom stereocenters. The molecule has 0 spiro atoms. The molecule has 1 aliphatic carbocycles. The fourth-order valence-electron chi connectivity index (χ4n) is 4.14. The molecule has 1 atom stereocenters. The van der Waals surface area contributed by atoms with Crippen molar-refractivity contribution in [3.63, 3.8) is 0 Å². The van der Waals surface area contributed by atoms with Crippen LogP contribution in [0.15, 0.2) is 54.7 Å². The molecule has 1 amide bonds. The van der Waals surface area contributed by atoms with E-state index in [0.717, 1.165) is 11.1 Å². The first-order valence-corrected chi connectivity index (χ1v) is 9.65. The highest BCUT2D eigenvalue weighted by Crippen LogP contribution is 2.44. The van der Waals surface area contributed by atoms with Crippen LogP contribution < -0.4 is 10.1 Å². The summed E-state index contributed by atoms with van der Waals surface area (Å²) in [4.78, 5) is 23.6. The quantitative estimate of drug-likeness (QED) is 0.692. The van der Waals surface area contributed by atoms with Crippen LogP contribution in [0.4, 0.5) is 4.79 Å². The predicted molar refractivity (Wildman–Crippen MR) is 107 cm³/mol. The lowest BCUT2D eigenvalue weighted by atomic mass is 9.98. The molecule has 0 bridgehead atoms. The third kappa shape index (κ3) is 3.06. The summed E-state index contributed by atoms with van der Waals surface area (Å²) >= 11 is 0. The number of nitrogens with one attached hydrogen (secondary N) is 1.